The number of hydrogen-bond acceptors (Lipinski definition) is 4. The number of pyridine rings is 1. The molecule has 106 valence electrons. The van der Waals surface area contributed by atoms with Crippen LogP contribution in [0.1, 0.15) is 18.4 Å². The van der Waals surface area contributed by atoms with Crippen molar-refractivity contribution in [2.24, 2.45) is 0 Å². The summed E-state index contributed by atoms with van der Waals surface area (Å²) in [5, 5.41) is 8.13. The van der Waals surface area contributed by atoms with Gasteiger partial charge in [0, 0.05) is 31.6 Å². The quantitative estimate of drug-likeness (QED) is 0.760. The van der Waals surface area contributed by atoms with Crippen molar-refractivity contribution in [2.75, 3.05) is 25.6 Å². The van der Waals surface area contributed by atoms with Crippen molar-refractivity contribution in [1.82, 2.24) is 10.3 Å². The van der Waals surface area contributed by atoms with E-state index < -0.39 is 0 Å². The molecule has 4 nitrogen and oxygen atoms in total. The molecule has 0 amide bonds. The molecule has 2 N–H and O–H groups in total. The van der Waals surface area contributed by atoms with Crippen LogP contribution in [0.25, 0.3) is 10.9 Å². The molecule has 2 aromatic rings. The maximum absolute atomic E-state index is 5.07. The second kappa shape index (κ2) is 6.20. The van der Waals surface area contributed by atoms with Gasteiger partial charge in [-0.05, 0) is 30.5 Å². The Morgan fingerprint density at radius 1 is 1.30 bits per heavy atom. The first-order valence-corrected chi connectivity index (χ1v) is 7.21. The van der Waals surface area contributed by atoms with E-state index in [1.165, 1.54) is 23.8 Å². The van der Waals surface area contributed by atoms with E-state index in [0.717, 1.165) is 24.4 Å². The predicted octanol–water partition coefficient (Wildman–Crippen LogP) is 2.55. The van der Waals surface area contributed by atoms with Crippen molar-refractivity contribution in [3.63, 3.8) is 0 Å². The van der Waals surface area contributed by atoms with Crippen molar-refractivity contribution in [3.05, 3.63) is 35.9 Å². The number of nitrogens with one attached hydrogen (secondary N) is 2. The van der Waals surface area contributed by atoms with E-state index in [9.17, 15) is 0 Å². The molecule has 1 aromatic heterocycles. The highest BCUT2D eigenvalue weighted by Gasteiger charge is 2.20. The van der Waals surface area contributed by atoms with Crippen LogP contribution in [0.2, 0.25) is 0 Å². The van der Waals surface area contributed by atoms with E-state index in [2.05, 4.69) is 39.9 Å². The van der Waals surface area contributed by atoms with Gasteiger partial charge in [0.25, 0.3) is 0 Å². The summed E-state index contributed by atoms with van der Waals surface area (Å²) >= 11 is 0. The first kappa shape index (κ1) is 13.3. The van der Waals surface area contributed by atoms with Gasteiger partial charge in [-0.15, -0.1) is 0 Å². The van der Waals surface area contributed by atoms with Crippen LogP contribution in [0, 0.1) is 0 Å². The molecular weight excluding hydrogens is 250 g/mol. The number of rotatable bonds is 7. The van der Waals surface area contributed by atoms with Crippen LogP contribution in [-0.2, 0) is 11.3 Å². The number of fused-ring (bicyclic) bond motifs is 1. The molecule has 4 heteroatoms. The van der Waals surface area contributed by atoms with Crippen LogP contribution in [0.4, 0.5) is 5.82 Å². The predicted molar refractivity (Wildman–Crippen MR) is 82.0 cm³/mol. The molecule has 0 bridgehead atoms. The van der Waals surface area contributed by atoms with Gasteiger partial charge in [-0.1, -0.05) is 18.2 Å². The normalized spacial score (nSPS) is 14.7. The summed E-state index contributed by atoms with van der Waals surface area (Å²) < 4.78 is 5.07. The molecule has 1 heterocycles. The fraction of sp³-hybridized carbons (Fsp3) is 0.438. The molecule has 0 unspecified atom stereocenters. The standard InChI is InChI=1S/C16H21N3O/c1-20-9-8-17-16-10-12(11-18-13-6-7-13)14-4-2-3-5-15(14)19-16/h2-5,10,13,18H,6-9,11H2,1H3,(H,17,19). The van der Waals surface area contributed by atoms with E-state index in [1.54, 1.807) is 7.11 Å². The Morgan fingerprint density at radius 3 is 2.95 bits per heavy atom. The summed E-state index contributed by atoms with van der Waals surface area (Å²) in [4.78, 5) is 4.66. The highest BCUT2D eigenvalue weighted by molar-refractivity contribution is 5.84. The van der Waals surface area contributed by atoms with Gasteiger partial charge in [0.2, 0.25) is 0 Å². The van der Waals surface area contributed by atoms with Crippen molar-refractivity contribution < 1.29 is 4.74 Å². The summed E-state index contributed by atoms with van der Waals surface area (Å²) in [6.45, 7) is 2.37. The average molecular weight is 271 g/mol. The smallest absolute Gasteiger partial charge is 0.127 e. The molecule has 1 aliphatic rings. The summed E-state index contributed by atoms with van der Waals surface area (Å²) in [6, 6.07) is 11.2. The van der Waals surface area contributed by atoms with E-state index in [-0.39, 0.29) is 0 Å². The number of para-hydroxylation sites is 1. The first-order valence-electron chi connectivity index (χ1n) is 7.21. The largest absolute Gasteiger partial charge is 0.383 e. The lowest BCUT2D eigenvalue weighted by atomic mass is 10.1. The van der Waals surface area contributed by atoms with Gasteiger partial charge in [-0.3, -0.25) is 0 Å². The molecule has 1 aliphatic carbocycles. The number of anilines is 1. The summed E-state index contributed by atoms with van der Waals surface area (Å²) in [5.74, 6) is 0.924. The molecule has 0 saturated heterocycles. The number of methoxy groups -OCH3 is 1. The van der Waals surface area contributed by atoms with Crippen LogP contribution in [0.3, 0.4) is 0 Å². The molecule has 3 rings (SSSR count). The van der Waals surface area contributed by atoms with E-state index in [4.69, 9.17) is 4.74 Å². The van der Waals surface area contributed by atoms with Crippen molar-refractivity contribution in [1.29, 1.82) is 0 Å². The lowest BCUT2D eigenvalue weighted by molar-refractivity contribution is 0.210. The minimum absolute atomic E-state index is 0.685. The van der Waals surface area contributed by atoms with Crippen LogP contribution in [0.5, 0.6) is 0 Å². The van der Waals surface area contributed by atoms with Crippen LogP contribution < -0.4 is 10.6 Å². The Balaban J connectivity index is 1.83. The maximum atomic E-state index is 5.07. The number of hydrogen-bond donors (Lipinski definition) is 2. The number of aromatic nitrogens is 1. The second-order valence-electron chi connectivity index (χ2n) is 5.26. The maximum Gasteiger partial charge on any atom is 0.127 e. The SMILES string of the molecule is COCCNc1cc(CNC2CC2)c2ccccc2n1. The van der Waals surface area contributed by atoms with Gasteiger partial charge in [0.1, 0.15) is 5.82 Å². The van der Waals surface area contributed by atoms with E-state index >= 15 is 0 Å². The Morgan fingerprint density at radius 2 is 2.15 bits per heavy atom. The average Bonchev–Trinajstić information content (AvgIpc) is 3.29. The Labute approximate surface area is 119 Å². The minimum atomic E-state index is 0.685. The third-order valence-electron chi connectivity index (χ3n) is 3.57. The van der Waals surface area contributed by atoms with Crippen molar-refractivity contribution in [3.8, 4) is 0 Å². The zero-order chi connectivity index (χ0) is 13.8. The van der Waals surface area contributed by atoms with Crippen LogP contribution >= 0.6 is 0 Å². The van der Waals surface area contributed by atoms with Gasteiger partial charge in [0.15, 0.2) is 0 Å². The monoisotopic (exact) mass is 271 g/mol. The van der Waals surface area contributed by atoms with Crippen LogP contribution in [-0.4, -0.2) is 31.3 Å². The van der Waals surface area contributed by atoms with Gasteiger partial charge < -0.3 is 15.4 Å². The third-order valence-corrected chi connectivity index (χ3v) is 3.57. The Hall–Kier alpha value is -1.65. The number of benzene rings is 1. The van der Waals surface area contributed by atoms with E-state index in [1.807, 2.05) is 6.07 Å². The highest BCUT2D eigenvalue weighted by Crippen LogP contribution is 2.23. The van der Waals surface area contributed by atoms with Gasteiger partial charge >= 0.3 is 0 Å². The fourth-order valence-corrected chi connectivity index (χ4v) is 2.31. The summed E-state index contributed by atoms with van der Waals surface area (Å²) in [5.41, 5.74) is 2.35. The Kier molecular flexibility index (Phi) is 4.14. The highest BCUT2D eigenvalue weighted by atomic mass is 16.5. The molecule has 1 fully saturated rings. The first-order chi connectivity index (χ1) is 9.86. The molecule has 0 aliphatic heterocycles. The summed E-state index contributed by atoms with van der Waals surface area (Å²) in [7, 11) is 1.71. The van der Waals surface area contributed by atoms with Crippen molar-refractivity contribution in [2.45, 2.75) is 25.4 Å². The molecule has 0 atom stereocenters. The van der Waals surface area contributed by atoms with E-state index in [0.29, 0.717) is 12.6 Å². The van der Waals surface area contributed by atoms with Gasteiger partial charge in [-0.25, -0.2) is 4.98 Å². The van der Waals surface area contributed by atoms with Crippen molar-refractivity contribution >= 4 is 16.7 Å². The molecular formula is C16H21N3O. The topological polar surface area (TPSA) is 46.2 Å². The van der Waals surface area contributed by atoms with Crippen LogP contribution in [0.15, 0.2) is 30.3 Å². The molecule has 0 spiro atoms. The number of ether oxygens (including phenoxy) is 1. The minimum Gasteiger partial charge on any atom is -0.383 e. The number of nitrogens with zero attached hydrogens (tertiary/aromatic N) is 1. The molecule has 1 saturated carbocycles. The molecule has 0 radical (unpaired) electrons. The molecule has 1 aromatic carbocycles. The van der Waals surface area contributed by atoms with Gasteiger partial charge in [-0.2, -0.15) is 0 Å². The van der Waals surface area contributed by atoms with Gasteiger partial charge in [0.05, 0.1) is 12.1 Å². The lowest BCUT2D eigenvalue weighted by Crippen LogP contribution is -2.16. The summed E-state index contributed by atoms with van der Waals surface area (Å²) in [6.07, 6.45) is 2.62. The molecule has 20 heavy (non-hydrogen) atoms. The zero-order valence-electron chi connectivity index (χ0n) is 11.9. The Bertz CT molecular complexity index is 581. The fourth-order valence-electron chi connectivity index (χ4n) is 2.31. The lowest BCUT2D eigenvalue weighted by Gasteiger charge is -2.11. The second-order valence-corrected chi connectivity index (χ2v) is 5.26. The third kappa shape index (κ3) is 3.26. The zero-order valence-corrected chi connectivity index (χ0v) is 11.9.